The molecule has 0 aromatic rings. The van der Waals surface area contributed by atoms with Gasteiger partial charge in [0.2, 0.25) is 0 Å². The van der Waals surface area contributed by atoms with Crippen LogP contribution in [0.15, 0.2) is 11.6 Å². The Kier molecular flexibility index (Phi) is 3.98. The zero-order chi connectivity index (χ0) is 11.3. The molecule has 0 amide bonds. The minimum Gasteiger partial charge on any atom is -0.350 e. The molecule has 0 radical (unpaired) electrons. The molecule has 2 heterocycles. The van der Waals surface area contributed by atoms with Crippen molar-refractivity contribution in [2.75, 3.05) is 13.2 Å². The molecule has 3 nitrogen and oxygen atoms in total. The van der Waals surface area contributed by atoms with Crippen LogP contribution in [0.3, 0.4) is 0 Å². The van der Waals surface area contributed by atoms with Crippen molar-refractivity contribution in [3.8, 4) is 6.07 Å². The highest BCUT2D eigenvalue weighted by molar-refractivity contribution is 5.14. The fourth-order valence-electron chi connectivity index (χ4n) is 2.47. The first-order valence-corrected chi connectivity index (χ1v) is 6.20. The largest absolute Gasteiger partial charge is 0.350 e. The minimum atomic E-state index is -0.346. The lowest BCUT2D eigenvalue weighted by atomic mass is 10.0. The molecule has 0 N–H and O–H groups in total. The summed E-state index contributed by atoms with van der Waals surface area (Å²) < 4.78 is 11.8. The Morgan fingerprint density at radius 1 is 1.12 bits per heavy atom. The van der Waals surface area contributed by atoms with Crippen molar-refractivity contribution in [2.45, 2.75) is 50.7 Å². The van der Waals surface area contributed by atoms with Gasteiger partial charge < -0.3 is 9.47 Å². The zero-order valence-corrected chi connectivity index (χ0v) is 9.71. The van der Waals surface area contributed by atoms with Gasteiger partial charge in [0.25, 0.3) is 0 Å². The van der Waals surface area contributed by atoms with Crippen LogP contribution in [-0.2, 0) is 9.47 Å². The van der Waals surface area contributed by atoms with E-state index in [1.807, 2.05) is 0 Å². The summed E-state index contributed by atoms with van der Waals surface area (Å²) in [7, 11) is 0. The van der Waals surface area contributed by atoms with Gasteiger partial charge in [-0.05, 0) is 31.3 Å². The first-order valence-electron chi connectivity index (χ1n) is 6.20. The third-order valence-corrected chi connectivity index (χ3v) is 3.41. The van der Waals surface area contributed by atoms with Gasteiger partial charge in [0.15, 0.2) is 5.79 Å². The molecule has 16 heavy (non-hydrogen) atoms. The van der Waals surface area contributed by atoms with Crippen LogP contribution in [-0.4, -0.2) is 19.0 Å². The normalized spacial score (nSPS) is 34.3. The van der Waals surface area contributed by atoms with Crippen LogP contribution in [0.4, 0.5) is 0 Å². The van der Waals surface area contributed by atoms with Crippen molar-refractivity contribution in [3.63, 3.8) is 0 Å². The number of rotatable bonds is 0. The second-order valence-electron chi connectivity index (χ2n) is 4.64. The first kappa shape index (κ1) is 11.6. The number of hydrogen-bond donors (Lipinski definition) is 0. The van der Waals surface area contributed by atoms with Crippen molar-refractivity contribution in [1.82, 2.24) is 0 Å². The molecule has 2 fully saturated rings. The van der Waals surface area contributed by atoms with E-state index < -0.39 is 0 Å². The van der Waals surface area contributed by atoms with E-state index >= 15 is 0 Å². The van der Waals surface area contributed by atoms with Gasteiger partial charge in [-0.3, -0.25) is 0 Å². The summed E-state index contributed by atoms with van der Waals surface area (Å²) in [4.78, 5) is 0. The lowest BCUT2D eigenvalue weighted by molar-refractivity contribution is -0.232. The second kappa shape index (κ2) is 5.47. The molecule has 2 saturated heterocycles. The molecule has 1 atom stereocenters. The molecule has 1 spiro atoms. The molecule has 0 aromatic carbocycles. The monoisotopic (exact) mass is 221 g/mol. The van der Waals surface area contributed by atoms with Crippen LogP contribution < -0.4 is 0 Å². The van der Waals surface area contributed by atoms with E-state index in [4.69, 9.17) is 14.7 Å². The Hall–Kier alpha value is -0.850. The van der Waals surface area contributed by atoms with Crippen molar-refractivity contribution >= 4 is 0 Å². The molecule has 2 aliphatic rings. The van der Waals surface area contributed by atoms with E-state index in [1.54, 1.807) is 6.08 Å². The Balaban J connectivity index is 2.01. The third-order valence-electron chi connectivity index (χ3n) is 3.41. The number of nitrogens with zero attached hydrogens (tertiary/aromatic N) is 1. The molecule has 88 valence electrons. The summed E-state index contributed by atoms with van der Waals surface area (Å²) in [5, 5.41) is 8.64. The highest BCUT2D eigenvalue weighted by atomic mass is 16.7. The number of nitriles is 1. The Bertz CT molecular complexity index is 296. The lowest BCUT2D eigenvalue weighted by Crippen LogP contribution is -2.34. The highest BCUT2D eigenvalue weighted by Gasteiger charge is 2.34. The van der Waals surface area contributed by atoms with Gasteiger partial charge in [-0.2, -0.15) is 5.26 Å². The van der Waals surface area contributed by atoms with Gasteiger partial charge in [-0.25, -0.2) is 0 Å². The van der Waals surface area contributed by atoms with Gasteiger partial charge in [0, 0.05) is 18.9 Å². The van der Waals surface area contributed by atoms with Crippen LogP contribution in [0.5, 0.6) is 0 Å². The molecule has 2 rings (SSSR count). The third kappa shape index (κ3) is 2.84. The number of hydrogen-bond acceptors (Lipinski definition) is 3. The second-order valence-corrected chi connectivity index (χ2v) is 4.64. The number of allylic oxidation sites excluding steroid dienone is 1. The van der Waals surface area contributed by atoms with Gasteiger partial charge in [0.1, 0.15) is 0 Å². The maximum atomic E-state index is 8.64. The first-order chi connectivity index (χ1) is 7.85. The molecule has 0 saturated carbocycles. The smallest absolute Gasteiger partial charge is 0.168 e. The summed E-state index contributed by atoms with van der Waals surface area (Å²) >= 11 is 0. The summed E-state index contributed by atoms with van der Waals surface area (Å²) in [5.74, 6) is -0.346. The quantitative estimate of drug-likeness (QED) is 0.591. The van der Waals surface area contributed by atoms with Crippen LogP contribution >= 0.6 is 0 Å². The van der Waals surface area contributed by atoms with Crippen LogP contribution in [0, 0.1) is 11.3 Å². The minimum absolute atomic E-state index is 0.346. The predicted octanol–water partition coefficient (Wildman–Crippen LogP) is 2.92. The van der Waals surface area contributed by atoms with Gasteiger partial charge in [0.05, 0.1) is 19.3 Å². The summed E-state index contributed by atoms with van der Waals surface area (Å²) in [5.41, 5.74) is 1.10. The Labute approximate surface area is 97.0 Å². The Morgan fingerprint density at radius 3 is 2.88 bits per heavy atom. The van der Waals surface area contributed by atoms with E-state index in [9.17, 15) is 0 Å². The van der Waals surface area contributed by atoms with E-state index in [-0.39, 0.29) is 5.79 Å². The van der Waals surface area contributed by atoms with Crippen molar-refractivity contribution in [2.24, 2.45) is 0 Å². The van der Waals surface area contributed by atoms with E-state index in [0.717, 1.165) is 44.3 Å². The average molecular weight is 221 g/mol. The highest BCUT2D eigenvalue weighted by Crippen LogP contribution is 2.34. The van der Waals surface area contributed by atoms with E-state index in [1.165, 1.54) is 12.8 Å². The fraction of sp³-hybridized carbons (Fsp3) is 0.769. The molecule has 0 aliphatic carbocycles. The fourth-order valence-corrected chi connectivity index (χ4v) is 2.47. The van der Waals surface area contributed by atoms with Crippen molar-refractivity contribution in [3.05, 3.63) is 11.6 Å². The molecule has 3 heteroatoms. The lowest BCUT2D eigenvalue weighted by Gasteiger charge is -2.31. The van der Waals surface area contributed by atoms with E-state index in [0.29, 0.717) is 6.61 Å². The van der Waals surface area contributed by atoms with Crippen molar-refractivity contribution in [1.29, 1.82) is 5.26 Å². The Morgan fingerprint density at radius 2 is 2.00 bits per heavy atom. The van der Waals surface area contributed by atoms with Crippen LogP contribution in [0.1, 0.15) is 44.9 Å². The molecule has 2 aliphatic heterocycles. The van der Waals surface area contributed by atoms with Crippen LogP contribution in [0.2, 0.25) is 0 Å². The summed E-state index contributed by atoms with van der Waals surface area (Å²) in [6, 6.07) is 2.09. The zero-order valence-electron chi connectivity index (χ0n) is 9.71. The van der Waals surface area contributed by atoms with Gasteiger partial charge in [-0.15, -0.1) is 0 Å². The van der Waals surface area contributed by atoms with Gasteiger partial charge >= 0.3 is 0 Å². The van der Waals surface area contributed by atoms with Crippen LogP contribution in [0.25, 0.3) is 0 Å². The topological polar surface area (TPSA) is 42.2 Å². The average Bonchev–Trinajstić information content (AvgIpc) is 2.62. The number of ether oxygens (including phenoxy) is 2. The molecular formula is C13H19NO2. The maximum Gasteiger partial charge on any atom is 0.168 e. The predicted molar refractivity (Wildman–Crippen MR) is 60.7 cm³/mol. The SMILES string of the molecule is N#C/C=C1/CCCC2(CCCCCO2)OC1. The summed E-state index contributed by atoms with van der Waals surface area (Å²) in [6.45, 7) is 1.38. The molecule has 0 aromatic heterocycles. The van der Waals surface area contributed by atoms with Crippen molar-refractivity contribution < 1.29 is 9.47 Å². The molecule has 1 unspecified atom stereocenters. The molecular weight excluding hydrogens is 202 g/mol. The van der Waals surface area contributed by atoms with Gasteiger partial charge in [-0.1, -0.05) is 6.42 Å². The summed E-state index contributed by atoms with van der Waals surface area (Å²) in [6.07, 6.45) is 9.21. The standard InChI is InChI=1S/C13H19NO2/c14-9-6-12-5-4-8-13(16-11-12)7-2-1-3-10-15-13/h6H,1-5,7-8,10-11H2/b12-6-. The van der Waals surface area contributed by atoms with E-state index in [2.05, 4.69) is 6.07 Å². The molecule has 0 bridgehead atoms. The maximum absolute atomic E-state index is 8.64.